The van der Waals surface area contributed by atoms with E-state index in [9.17, 15) is 0 Å². The molecule has 0 bridgehead atoms. The number of halogens is 3. The van der Waals surface area contributed by atoms with Gasteiger partial charge in [0.15, 0.2) is 0 Å². The molecule has 0 spiro atoms. The number of hydrogen-bond donors (Lipinski definition) is 1. The second-order valence-corrected chi connectivity index (χ2v) is 6.98. The van der Waals surface area contributed by atoms with Gasteiger partial charge in [-0.05, 0) is 51.8 Å². The fraction of sp³-hybridized carbons (Fsp3) is 0.200. The van der Waals surface area contributed by atoms with Gasteiger partial charge in [0.25, 0.3) is 0 Å². The minimum Gasteiger partial charge on any atom is -0.485 e. The van der Waals surface area contributed by atoms with Crippen LogP contribution in [0.15, 0.2) is 45.3 Å². The summed E-state index contributed by atoms with van der Waals surface area (Å²) in [5.74, 6) is 0.844. The van der Waals surface area contributed by atoms with E-state index in [1.54, 1.807) is 0 Å². The monoisotopic (exact) mass is 415 g/mol. The van der Waals surface area contributed by atoms with Crippen molar-refractivity contribution in [1.29, 1.82) is 0 Å². The van der Waals surface area contributed by atoms with Gasteiger partial charge in [-0.3, -0.25) is 0 Å². The first kappa shape index (κ1) is 14.4. The third-order valence-electron chi connectivity index (χ3n) is 3.42. The van der Waals surface area contributed by atoms with Gasteiger partial charge >= 0.3 is 0 Å². The molecule has 0 radical (unpaired) electrons. The van der Waals surface area contributed by atoms with E-state index >= 15 is 0 Å². The van der Waals surface area contributed by atoms with Crippen LogP contribution >= 0.6 is 43.5 Å². The van der Waals surface area contributed by atoms with E-state index in [2.05, 4.69) is 31.9 Å². The molecule has 5 heteroatoms. The zero-order valence-corrected chi connectivity index (χ0v) is 14.4. The summed E-state index contributed by atoms with van der Waals surface area (Å²) in [5.41, 5.74) is 8.35. The van der Waals surface area contributed by atoms with E-state index in [1.165, 1.54) is 0 Å². The van der Waals surface area contributed by atoms with Gasteiger partial charge in [-0.25, -0.2) is 0 Å². The largest absolute Gasteiger partial charge is 0.485 e. The molecule has 0 amide bonds. The van der Waals surface area contributed by atoms with Crippen LogP contribution in [0.2, 0.25) is 5.02 Å². The molecule has 20 heavy (non-hydrogen) atoms. The lowest BCUT2D eigenvalue weighted by Gasteiger charge is -2.30. The molecule has 0 saturated heterocycles. The zero-order chi connectivity index (χ0) is 14.3. The molecule has 2 atom stereocenters. The molecule has 0 aromatic heterocycles. The molecule has 1 aliphatic heterocycles. The van der Waals surface area contributed by atoms with Gasteiger partial charge in [0.1, 0.15) is 11.9 Å². The van der Waals surface area contributed by atoms with E-state index in [-0.39, 0.29) is 12.1 Å². The summed E-state index contributed by atoms with van der Waals surface area (Å²) < 4.78 is 7.96. The molecular formula is C15H12Br2ClNO. The average Bonchev–Trinajstić information content (AvgIpc) is 2.42. The van der Waals surface area contributed by atoms with Crippen LogP contribution in [0.4, 0.5) is 0 Å². The van der Waals surface area contributed by atoms with Crippen molar-refractivity contribution in [2.75, 3.05) is 0 Å². The van der Waals surface area contributed by atoms with Crippen molar-refractivity contribution in [2.24, 2.45) is 5.73 Å². The van der Waals surface area contributed by atoms with Crippen molar-refractivity contribution in [3.63, 3.8) is 0 Å². The van der Waals surface area contributed by atoms with Crippen molar-refractivity contribution >= 4 is 43.5 Å². The van der Waals surface area contributed by atoms with Gasteiger partial charge in [0.2, 0.25) is 0 Å². The summed E-state index contributed by atoms with van der Waals surface area (Å²) in [6.07, 6.45) is 0.672. The first-order valence-corrected chi connectivity index (χ1v) is 8.17. The summed E-state index contributed by atoms with van der Waals surface area (Å²) in [6.45, 7) is 0. The van der Waals surface area contributed by atoms with Crippen molar-refractivity contribution in [3.05, 3.63) is 61.5 Å². The molecule has 1 heterocycles. The molecule has 2 nitrogen and oxygen atoms in total. The van der Waals surface area contributed by atoms with Gasteiger partial charge in [-0.15, -0.1) is 0 Å². The lowest BCUT2D eigenvalue weighted by molar-refractivity contribution is 0.161. The maximum absolute atomic E-state index is 6.27. The Morgan fingerprint density at radius 3 is 2.70 bits per heavy atom. The molecule has 2 unspecified atom stereocenters. The average molecular weight is 418 g/mol. The van der Waals surface area contributed by atoms with Crippen LogP contribution in [0.3, 0.4) is 0 Å². The van der Waals surface area contributed by atoms with Crippen LogP contribution < -0.4 is 10.5 Å². The Morgan fingerprint density at radius 2 is 1.95 bits per heavy atom. The predicted octanol–water partition coefficient (Wildman–Crippen LogP) is 5.39. The second kappa shape index (κ2) is 5.68. The first-order valence-electron chi connectivity index (χ1n) is 6.21. The maximum Gasteiger partial charge on any atom is 0.126 e. The Hall–Kier alpha value is -0.550. The number of rotatable bonds is 1. The highest BCUT2D eigenvalue weighted by Crippen LogP contribution is 2.41. The van der Waals surface area contributed by atoms with E-state index in [0.717, 1.165) is 32.2 Å². The van der Waals surface area contributed by atoms with E-state index in [0.29, 0.717) is 5.02 Å². The van der Waals surface area contributed by atoms with E-state index in [4.69, 9.17) is 22.1 Å². The Balaban J connectivity index is 1.94. The third kappa shape index (κ3) is 2.75. The number of ether oxygens (including phenoxy) is 1. The number of hydrogen-bond acceptors (Lipinski definition) is 2. The molecule has 3 rings (SSSR count). The lowest BCUT2D eigenvalue weighted by atomic mass is 9.94. The standard InChI is InChI=1S/C15H12Br2ClNO/c16-9-2-4-14-10(6-9)13(19)7-15(20-14)8-1-3-11(17)12(18)5-8/h1-6,13,15H,7,19H2. The van der Waals surface area contributed by atoms with Crippen molar-refractivity contribution in [1.82, 2.24) is 0 Å². The Bertz CT molecular complexity index is 662. The fourth-order valence-corrected chi connectivity index (χ4v) is 3.21. The predicted molar refractivity (Wildman–Crippen MR) is 88.2 cm³/mol. The van der Waals surface area contributed by atoms with Crippen molar-refractivity contribution in [2.45, 2.75) is 18.6 Å². The summed E-state index contributed by atoms with van der Waals surface area (Å²) in [6, 6.07) is 11.8. The zero-order valence-electron chi connectivity index (χ0n) is 10.4. The van der Waals surface area contributed by atoms with Gasteiger partial charge in [-0.2, -0.15) is 0 Å². The maximum atomic E-state index is 6.27. The third-order valence-corrected chi connectivity index (χ3v) is 5.15. The second-order valence-electron chi connectivity index (χ2n) is 4.80. The molecule has 2 aromatic carbocycles. The van der Waals surface area contributed by atoms with Crippen molar-refractivity contribution < 1.29 is 4.74 Å². The summed E-state index contributed by atoms with van der Waals surface area (Å²) in [7, 11) is 0. The van der Waals surface area contributed by atoms with Crippen LogP contribution in [-0.2, 0) is 0 Å². The molecule has 0 saturated carbocycles. The van der Waals surface area contributed by atoms with Gasteiger partial charge in [0.05, 0.1) is 5.02 Å². The van der Waals surface area contributed by atoms with Crippen molar-refractivity contribution in [3.8, 4) is 5.75 Å². The molecule has 2 N–H and O–H groups in total. The highest BCUT2D eigenvalue weighted by molar-refractivity contribution is 9.10. The van der Waals surface area contributed by atoms with E-state index in [1.807, 2.05) is 36.4 Å². The molecule has 104 valence electrons. The quantitative estimate of drug-likeness (QED) is 0.675. The summed E-state index contributed by atoms with van der Waals surface area (Å²) in [5, 5.41) is 0.682. The van der Waals surface area contributed by atoms with Crippen LogP contribution in [-0.4, -0.2) is 0 Å². The lowest BCUT2D eigenvalue weighted by Crippen LogP contribution is -2.24. The van der Waals surface area contributed by atoms with Crippen LogP contribution in [0.1, 0.15) is 29.7 Å². The van der Waals surface area contributed by atoms with Crippen LogP contribution in [0, 0.1) is 0 Å². The van der Waals surface area contributed by atoms with Gasteiger partial charge in [0, 0.05) is 27.0 Å². The highest BCUT2D eigenvalue weighted by Gasteiger charge is 2.27. The molecule has 0 fully saturated rings. The summed E-state index contributed by atoms with van der Waals surface area (Å²) >= 11 is 13.0. The SMILES string of the molecule is NC1CC(c2ccc(Br)c(Cl)c2)Oc2ccc(Br)cc21. The van der Waals surface area contributed by atoms with Crippen LogP contribution in [0.25, 0.3) is 0 Å². The minimum atomic E-state index is -0.0655. The first-order chi connectivity index (χ1) is 9.54. The highest BCUT2D eigenvalue weighted by atomic mass is 79.9. The Morgan fingerprint density at radius 1 is 1.15 bits per heavy atom. The normalized spacial score (nSPS) is 21.2. The number of fused-ring (bicyclic) bond motifs is 1. The number of benzene rings is 2. The Labute approximate surface area is 139 Å². The fourth-order valence-electron chi connectivity index (χ4n) is 2.39. The molecular weight excluding hydrogens is 405 g/mol. The minimum absolute atomic E-state index is 0.0383. The van der Waals surface area contributed by atoms with Crippen LogP contribution in [0.5, 0.6) is 5.75 Å². The number of nitrogens with two attached hydrogens (primary N) is 1. The van der Waals surface area contributed by atoms with Gasteiger partial charge < -0.3 is 10.5 Å². The Kier molecular flexibility index (Phi) is 4.09. The summed E-state index contributed by atoms with van der Waals surface area (Å²) in [4.78, 5) is 0. The smallest absolute Gasteiger partial charge is 0.126 e. The molecule has 1 aliphatic rings. The van der Waals surface area contributed by atoms with Gasteiger partial charge in [-0.1, -0.05) is 33.6 Å². The van der Waals surface area contributed by atoms with E-state index < -0.39 is 0 Å². The topological polar surface area (TPSA) is 35.2 Å². The molecule has 0 aliphatic carbocycles. The molecule has 2 aromatic rings.